The summed E-state index contributed by atoms with van der Waals surface area (Å²) in [6.45, 7) is 0. The van der Waals surface area contributed by atoms with Gasteiger partial charge in [0.05, 0.1) is 22.1 Å². The summed E-state index contributed by atoms with van der Waals surface area (Å²) < 4.78 is 7.29. The van der Waals surface area contributed by atoms with Crippen LogP contribution in [0.15, 0.2) is 212 Å². The molecule has 0 saturated carbocycles. The van der Waals surface area contributed by atoms with Crippen LogP contribution in [-0.4, -0.2) is 14.1 Å². The van der Waals surface area contributed by atoms with E-state index >= 15 is 0 Å². The van der Waals surface area contributed by atoms with Gasteiger partial charge in [0, 0.05) is 53.4 Å². The minimum atomic E-state index is 0.920. The topological polar surface area (TPSA) is 22.8 Å². The van der Waals surface area contributed by atoms with E-state index in [0.717, 1.165) is 33.8 Å². The first-order chi connectivity index (χ1) is 29.2. The molecule has 4 heteroatoms. The van der Waals surface area contributed by atoms with Gasteiger partial charge in [-0.25, -0.2) is 4.98 Å². The standard InChI is InChI=1S/C55H35N3S/c1-4-15-36(16-5-1)38-28-30-53-47(32-38)48-35-41(37-17-6-2-7-18-37)34-45(54(48)59-53)39-27-29-51-46(33-39)44-23-10-12-25-50(44)57(51)43-22-14-19-40(31-43)55-56-49-24-11-13-26-52(49)58(55)42-20-8-3-9-21-42/h1-35H. The Bertz CT molecular complexity index is 3540. The number of hydrogen-bond acceptors (Lipinski definition) is 2. The van der Waals surface area contributed by atoms with E-state index in [0.29, 0.717) is 0 Å². The van der Waals surface area contributed by atoms with Crippen LogP contribution in [0.25, 0.3) is 109 Å². The van der Waals surface area contributed by atoms with E-state index in [1.54, 1.807) is 0 Å². The molecule has 3 nitrogen and oxygen atoms in total. The molecule has 12 aromatic rings. The number of benzene rings is 9. The van der Waals surface area contributed by atoms with Gasteiger partial charge in [-0.15, -0.1) is 11.3 Å². The van der Waals surface area contributed by atoms with E-state index in [2.05, 4.69) is 221 Å². The van der Waals surface area contributed by atoms with E-state index < -0.39 is 0 Å². The fourth-order valence-electron chi connectivity index (χ4n) is 8.96. The van der Waals surface area contributed by atoms with Crippen molar-refractivity contribution < 1.29 is 0 Å². The summed E-state index contributed by atoms with van der Waals surface area (Å²) in [4.78, 5) is 5.20. The molecule has 9 aromatic carbocycles. The van der Waals surface area contributed by atoms with Crippen LogP contribution >= 0.6 is 11.3 Å². The molecule has 0 aliphatic rings. The highest BCUT2D eigenvalue weighted by Crippen LogP contribution is 2.45. The summed E-state index contributed by atoms with van der Waals surface area (Å²) in [7, 11) is 0. The fraction of sp³-hybridized carbons (Fsp3) is 0. The maximum absolute atomic E-state index is 5.20. The SMILES string of the molecule is c1ccc(-c2ccc3sc4c(-c5ccc6c(c5)c5ccccc5n6-c5cccc(-c6nc7ccccc7n6-c6ccccc6)c5)cc(-c5ccccc5)cc4c3c2)cc1. The molecule has 3 aromatic heterocycles. The van der Waals surface area contributed by atoms with Gasteiger partial charge in [0.2, 0.25) is 0 Å². The Labute approximate surface area is 345 Å². The highest BCUT2D eigenvalue weighted by Gasteiger charge is 2.19. The third kappa shape index (κ3) is 5.53. The smallest absolute Gasteiger partial charge is 0.145 e. The molecule has 59 heavy (non-hydrogen) atoms. The van der Waals surface area contributed by atoms with Crippen LogP contribution in [0.2, 0.25) is 0 Å². The van der Waals surface area contributed by atoms with Crippen molar-refractivity contribution in [1.82, 2.24) is 14.1 Å². The van der Waals surface area contributed by atoms with Crippen molar-refractivity contribution in [2.45, 2.75) is 0 Å². The van der Waals surface area contributed by atoms with Gasteiger partial charge in [0.1, 0.15) is 5.82 Å². The maximum Gasteiger partial charge on any atom is 0.145 e. The molecule has 0 saturated heterocycles. The molecule has 0 unspecified atom stereocenters. The minimum Gasteiger partial charge on any atom is -0.309 e. The number of hydrogen-bond donors (Lipinski definition) is 0. The van der Waals surface area contributed by atoms with Crippen LogP contribution in [0.1, 0.15) is 0 Å². The van der Waals surface area contributed by atoms with E-state index in [1.807, 2.05) is 11.3 Å². The molecule has 0 atom stereocenters. The van der Waals surface area contributed by atoms with Crippen molar-refractivity contribution in [1.29, 1.82) is 0 Å². The summed E-state index contributed by atoms with van der Waals surface area (Å²) in [5.74, 6) is 0.920. The first-order valence-corrected chi connectivity index (χ1v) is 20.9. The molecule has 0 amide bonds. The maximum atomic E-state index is 5.20. The van der Waals surface area contributed by atoms with E-state index in [1.165, 1.54) is 75.4 Å². The minimum absolute atomic E-state index is 0.920. The molecule has 0 fully saturated rings. The van der Waals surface area contributed by atoms with E-state index in [4.69, 9.17) is 4.98 Å². The molecule has 0 N–H and O–H groups in total. The second-order valence-electron chi connectivity index (χ2n) is 15.2. The molecule has 12 rings (SSSR count). The molecular formula is C55H35N3S. The van der Waals surface area contributed by atoms with Crippen molar-refractivity contribution in [2.75, 3.05) is 0 Å². The second kappa shape index (κ2) is 13.6. The van der Waals surface area contributed by atoms with Crippen LogP contribution in [0.5, 0.6) is 0 Å². The normalized spacial score (nSPS) is 11.7. The highest BCUT2D eigenvalue weighted by molar-refractivity contribution is 7.26. The van der Waals surface area contributed by atoms with Gasteiger partial charge in [0.15, 0.2) is 0 Å². The molecule has 276 valence electrons. The highest BCUT2D eigenvalue weighted by atomic mass is 32.1. The number of para-hydroxylation sites is 4. The predicted octanol–water partition coefficient (Wildman–Crippen LogP) is 15.2. The summed E-state index contributed by atoms with van der Waals surface area (Å²) in [5.41, 5.74) is 15.0. The van der Waals surface area contributed by atoms with Crippen LogP contribution in [0.3, 0.4) is 0 Å². The molecule has 0 bridgehead atoms. The summed E-state index contributed by atoms with van der Waals surface area (Å²) in [6, 6.07) is 76.8. The molecule has 3 heterocycles. The quantitative estimate of drug-likeness (QED) is 0.165. The monoisotopic (exact) mass is 769 g/mol. The van der Waals surface area contributed by atoms with E-state index in [9.17, 15) is 0 Å². The van der Waals surface area contributed by atoms with Crippen LogP contribution in [-0.2, 0) is 0 Å². The Morgan fingerprint density at radius 1 is 0.339 bits per heavy atom. The zero-order valence-electron chi connectivity index (χ0n) is 32.0. The zero-order chi connectivity index (χ0) is 38.9. The van der Waals surface area contributed by atoms with Crippen molar-refractivity contribution in [3.8, 4) is 56.1 Å². The average molecular weight is 770 g/mol. The lowest BCUT2D eigenvalue weighted by Crippen LogP contribution is -1.99. The zero-order valence-corrected chi connectivity index (χ0v) is 32.8. The van der Waals surface area contributed by atoms with Crippen LogP contribution in [0.4, 0.5) is 0 Å². The van der Waals surface area contributed by atoms with Gasteiger partial charge in [-0.1, -0.05) is 133 Å². The Morgan fingerprint density at radius 2 is 0.949 bits per heavy atom. The number of thiophene rings is 1. The Morgan fingerprint density at radius 3 is 1.76 bits per heavy atom. The lowest BCUT2D eigenvalue weighted by molar-refractivity contribution is 1.10. The van der Waals surface area contributed by atoms with Crippen molar-refractivity contribution in [3.05, 3.63) is 212 Å². The first-order valence-electron chi connectivity index (χ1n) is 20.0. The molecule has 0 aliphatic carbocycles. The first kappa shape index (κ1) is 33.6. The lowest BCUT2D eigenvalue weighted by Gasteiger charge is -2.13. The Balaban J connectivity index is 1.05. The average Bonchev–Trinajstić information content (AvgIpc) is 3.99. The van der Waals surface area contributed by atoms with Crippen molar-refractivity contribution >= 4 is 64.3 Å². The van der Waals surface area contributed by atoms with E-state index in [-0.39, 0.29) is 0 Å². The summed E-state index contributed by atoms with van der Waals surface area (Å²) in [6.07, 6.45) is 0. The largest absolute Gasteiger partial charge is 0.309 e. The van der Waals surface area contributed by atoms with Gasteiger partial charge < -0.3 is 4.57 Å². The summed E-state index contributed by atoms with van der Waals surface area (Å²) >= 11 is 1.89. The Hall–Kier alpha value is -7.53. The number of fused-ring (bicyclic) bond motifs is 7. The predicted molar refractivity (Wildman–Crippen MR) is 250 cm³/mol. The van der Waals surface area contributed by atoms with Gasteiger partial charge >= 0.3 is 0 Å². The molecule has 0 spiro atoms. The number of imidazole rings is 1. The summed E-state index contributed by atoms with van der Waals surface area (Å²) in [5, 5.41) is 5.04. The van der Waals surface area contributed by atoms with Crippen LogP contribution in [0, 0.1) is 0 Å². The van der Waals surface area contributed by atoms with Gasteiger partial charge in [-0.3, -0.25) is 4.57 Å². The van der Waals surface area contributed by atoms with Gasteiger partial charge in [0.25, 0.3) is 0 Å². The number of rotatable bonds is 6. The number of nitrogens with zero attached hydrogens (tertiary/aromatic N) is 3. The third-order valence-electron chi connectivity index (χ3n) is 11.7. The van der Waals surface area contributed by atoms with Crippen LogP contribution < -0.4 is 0 Å². The second-order valence-corrected chi connectivity index (χ2v) is 16.2. The molecule has 0 aliphatic heterocycles. The lowest BCUT2D eigenvalue weighted by atomic mass is 9.94. The fourth-order valence-corrected chi connectivity index (χ4v) is 10.2. The van der Waals surface area contributed by atoms with Gasteiger partial charge in [-0.05, 0) is 107 Å². The molecule has 0 radical (unpaired) electrons. The van der Waals surface area contributed by atoms with Gasteiger partial charge in [-0.2, -0.15) is 0 Å². The molecular weight excluding hydrogens is 735 g/mol. The van der Waals surface area contributed by atoms with Crippen molar-refractivity contribution in [2.24, 2.45) is 0 Å². The van der Waals surface area contributed by atoms with Crippen molar-refractivity contribution in [3.63, 3.8) is 0 Å². The third-order valence-corrected chi connectivity index (χ3v) is 12.9. The number of aromatic nitrogens is 3. The Kier molecular flexibility index (Phi) is 7.72.